The molecule has 0 N–H and O–H groups in total. The molecule has 0 amide bonds. The summed E-state index contributed by atoms with van der Waals surface area (Å²) in [5.74, 6) is 0.442. The van der Waals surface area contributed by atoms with Gasteiger partial charge in [0.25, 0.3) is 0 Å². The van der Waals surface area contributed by atoms with E-state index in [0.29, 0.717) is 5.92 Å². The fourth-order valence-corrected chi connectivity index (χ4v) is 2.93. The second-order valence-corrected chi connectivity index (χ2v) is 4.18. The first-order chi connectivity index (χ1) is 6.15. The molecule has 0 saturated carbocycles. The largest absolute Gasteiger partial charge is 0.376 e. The van der Waals surface area contributed by atoms with Crippen LogP contribution in [0.25, 0.3) is 0 Å². The summed E-state index contributed by atoms with van der Waals surface area (Å²) in [5, 5.41) is 0. The number of hydrogen-bond acceptors (Lipinski definition) is 2. The lowest BCUT2D eigenvalue weighted by molar-refractivity contribution is -0.163. The van der Waals surface area contributed by atoms with Crippen molar-refractivity contribution in [2.75, 3.05) is 0 Å². The van der Waals surface area contributed by atoms with Gasteiger partial charge in [0.1, 0.15) is 7.85 Å². The van der Waals surface area contributed by atoms with Crippen molar-refractivity contribution in [2.45, 2.75) is 57.4 Å². The topological polar surface area (TPSA) is 18.5 Å². The van der Waals surface area contributed by atoms with Gasteiger partial charge in [-0.05, 0) is 12.8 Å². The third-order valence-electron chi connectivity index (χ3n) is 3.73. The molecule has 0 aromatic rings. The summed E-state index contributed by atoms with van der Waals surface area (Å²) in [6, 6.07) is -0.210. The average molecular weight is 180 g/mol. The number of fused-ring (bicyclic) bond motifs is 2. The molecular weight excluding hydrogens is 163 g/mol. The third kappa shape index (κ3) is 1.03. The Kier molecular flexibility index (Phi) is 2.19. The van der Waals surface area contributed by atoms with Crippen molar-refractivity contribution in [2.24, 2.45) is 5.92 Å². The summed E-state index contributed by atoms with van der Waals surface area (Å²) in [4.78, 5) is 0. The van der Waals surface area contributed by atoms with Crippen molar-refractivity contribution < 1.29 is 9.47 Å². The second-order valence-electron chi connectivity index (χ2n) is 4.18. The summed E-state index contributed by atoms with van der Waals surface area (Å²) in [6.45, 7) is 6.49. The van der Waals surface area contributed by atoms with Crippen LogP contribution in [0.1, 0.15) is 33.6 Å². The zero-order valence-corrected chi connectivity index (χ0v) is 8.62. The predicted molar refractivity (Wildman–Crippen MR) is 51.8 cm³/mol. The van der Waals surface area contributed by atoms with Crippen LogP contribution >= 0.6 is 0 Å². The molecule has 1 unspecified atom stereocenters. The highest BCUT2D eigenvalue weighted by atomic mass is 16.6. The van der Waals surface area contributed by atoms with Crippen molar-refractivity contribution in [3.05, 3.63) is 0 Å². The highest BCUT2D eigenvalue weighted by molar-refractivity contribution is 6.11. The van der Waals surface area contributed by atoms with Crippen LogP contribution in [-0.2, 0) is 9.47 Å². The summed E-state index contributed by atoms with van der Waals surface area (Å²) < 4.78 is 11.7. The van der Waals surface area contributed by atoms with E-state index >= 15 is 0 Å². The van der Waals surface area contributed by atoms with Gasteiger partial charge < -0.3 is 9.47 Å². The van der Waals surface area contributed by atoms with Crippen molar-refractivity contribution in [3.8, 4) is 0 Å². The third-order valence-corrected chi connectivity index (χ3v) is 3.73. The maximum Gasteiger partial charge on any atom is 0.112 e. The van der Waals surface area contributed by atoms with Gasteiger partial charge in [0, 0.05) is 11.9 Å². The van der Waals surface area contributed by atoms with Crippen LogP contribution in [-0.4, -0.2) is 31.7 Å². The SMILES string of the molecule is [B][C@@H]1O[C@]2(CC)[C@H](C)C1O[C@@H]2CC. The highest BCUT2D eigenvalue weighted by Crippen LogP contribution is 2.50. The van der Waals surface area contributed by atoms with Gasteiger partial charge in [-0.25, -0.2) is 0 Å². The van der Waals surface area contributed by atoms with Crippen LogP contribution < -0.4 is 0 Å². The van der Waals surface area contributed by atoms with E-state index in [0.717, 1.165) is 12.8 Å². The van der Waals surface area contributed by atoms with Crippen molar-refractivity contribution in [3.63, 3.8) is 0 Å². The van der Waals surface area contributed by atoms with E-state index < -0.39 is 0 Å². The predicted octanol–water partition coefficient (Wildman–Crippen LogP) is 1.47. The highest BCUT2D eigenvalue weighted by Gasteiger charge is 2.61. The van der Waals surface area contributed by atoms with Gasteiger partial charge in [-0.2, -0.15) is 0 Å². The Bertz CT molecular complexity index is 205. The fourth-order valence-electron chi connectivity index (χ4n) is 2.93. The zero-order chi connectivity index (χ0) is 9.64. The van der Waals surface area contributed by atoms with Crippen LogP contribution in [0.4, 0.5) is 0 Å². The normalized spacial score (nSPS) is 54.4. The maximum absolute atomic E-state index is 5.88. The summed E-state index contributed by atoms with van der Waals surface area (Å²) in [7, 11) is 5.84. The van der Waals surface area contributed by atoms with Crippen LogP contribution in [0.3, 0.4) is 0 Å². The van der Waals surface area contributed by atoms with E-state index in [1.807, 2.05) is 0 Å². The van der Waals surface area contributed by atoms with E-state index in [-0.39, 0.29) is 23.8 Å². The number of ether oxygens (including phenoxy) is 2. The molecule has 2 fully saturated rings. The van der Waals surface area contributed by atoms with E-state index in [4.69, 9.17) is 17.3 Å². The van der Waals surface area contributed by atoms with Crippen LogP contribution in [0.15, 0.2) is 0 Å². The molecule has 5 atom stereocenters. The average Bonchev–Trinajstić information content (AvgIpc) is 2.54. The number of hydrogen-bond donors (Lipinski definition) is 0. The Balaban J connectivity index is 2.27. The first kappa shape index (κ1) is 9.54. The maximum atomic E-state index is 5.88. The Morgan fingerprint density at radius 2 is 2.08 bits per heavy atom. The molecule has 2 saturated heterocycles. The van der Waals surface area contributed by atoms with E-state index in [9.17, 15) is 0 Å². The quantitative estimate of drug-likeness (QED) is 0.599. The van der Waals surface area contributed by atoms with Gasteiger partial charge in [-0.15, -0.1) is 0 Å². The minimum atomic E-state index is -0.210. The zero-order valence-electron chi connectivity index (χ0n) is 8.62. The monoisotopic (exact) mass is 180 g/mol. The molecule has 3 heteroatoms. The van der Waals surface area contributed by atoms with E-state index in [1.165, 1.54) is 0 Å². The van der Waals surface area contributed by atoms with E-state index in [2.05, 4.69) is 20.8 Å². The Morgan fingerprint density at radius 3 is 2.54 bits per heavy atom. The molecule has 0 aromatic carbocycles. The van der Waals surface area contributed by atoms with Gasteiger partial charge >= 0.3 is 0 Å². The standard InChI is InChI=1S/C10H17BO2/c1-4-7-10(5-2)6(3)8(12-7)9(11)13-10/h6-9H,4-5H2,1-3H3/t6-,7-,8?,9-,10-/m1/s1. The summed E-state index contributed by atoms with van der Waals surface area (Å²) >= 11 is 0. The first-order valence-corrected chi connectivity index (χ1v) is 5.24. The second kappa shape index (κ2) is 2.99. The Labute approximate surface area is 81.4 Å². The van der Waals surface area contributed by atoms with Gasteiger partial charge in [0.2, 0.25) is 0 Å². The molecular formula is C10H17BO2. The van der Waals surface area contributed by atoms with Crippen LogP contribution in [0, 0.1) is 5.92 Å². The fraction of sp³-hybridized carbons (Fsp3) is 1.00. The molecule has 2 aliphatic rings. The number of rotatable bonds is 2. The van der Waals surface area contributed by atoms with Crippen LogP contribution in [0.2, 0.25) is 0 Å². The lowest BCUT2D eigenvalue weighted by Crippen LogP contribution is -2.45. The van der Waals surface area contributed by atoms with Gasteiger partial charge in [-0.3, -0.25) is 0 Å². The molecule has 0 aliphatic carbocycles. The van der Waals surface area contributed by atoms with Gasteiger partial charge in [0.15, 0.2) is 0 Å². The smallest absolute Gasteiger partial charge is 0.112 e. The molecule has 0 aromatic heterocycles. The Hall–Kier alpha value is -0.0151. The molecule has 13 heavy (non-hydrogen) atoms. The molecule has 2 heterocycles. The lowest BCUT2D eigenvalue weighted by Gasteiger charge is -2.36. The van der Waals surface area contributed by atoms with Crippen LogP contribution in [0.5, 0.6) is 0 Å². The molecule has 2 radical (unpaired) electrons. The minimum Gasteiger partial charge on any atom is -0.376 e. The van der Waals surface area contributed by atoms with Crippen molar-refractivity contribution in [1.82, 2.24) is 0 Å². The van der Waals surface area contributed by atoms with Crippen molar-refractivity contribution >= 4 is 7.85 Å². The summed E-state index contributed by atoms with van der Waals surface area (Å²) in [5.41, 5.74) is -0.0984. The molecule has 72 valence electrons. The van der Waals surface area contributed by atoms with Gasteiger partial charge in [0.05, 0.1) is 17.8 Å². The van der Waals surface area contributed by atoms with Crippen molar-refractivity contribution in [1.29, 1.82) is 0 Å². The molecule has 2 aliphatic heterocycles. The lowest BCUT2D eigenvalue weighted by atomic mass is 9.81. The first-order valence-electron chi connectivity index (χ1n) is 5.24. The molecule has 2 nitrogen and oxygen atoms in total. The summed E-state index contributed by atoms with van der Waals surface area (Å²) in [6.07, 6.45) is 2.38. The Morgan fingerprint density at radius 1 is 1.38 bits per heavy atom. The minimum absolute atomic E-state index is 0.0984. The van der Waals surface area contributed by atoms with E-state index in [1.54, 1.807) is 0 Å². The molecule has 2 rings (SSSR count). The van der Waals surface area contributed by atoms with Gasteiger partial charge in [-0.1, -0.05) is 20.8 Å². The molecule has 2 bridgehead atoms. The molecule has 0 spiro atoms.